The third-order valence-corrected chi connectivity index (χ3v) is 1.50. The summed E-state index contributed by atoms with van der Waals surface area (Å²) < 4.78 is 5.18. The predicted octanol–water partition coefficient (Wildman–Crippen LogP) is 0.936. The van der Waals surface area contributed by atoms with Crippen molar-refractivity contribution in [1.82, 2.24) is 0 Å². The monoisotopic (exact) mass is 151 g/mol. The van der Waals surface area contributed by atoms with E-state index >= 15 is 0 Å². The first-order valence-corrected chi connectivity index (χ1v) is 3.23. The van der Waals surface area contributed by atoms with Crippen LogP contribution < -0.4 is 5.73 Å². The Bertz CT molecular complexity index is 62.1. The first-order valence-electron chi connectivity index (χ1n) is 3.23. The van der Waals surface area contributed by atoms with Gasteiger partial charge in [0, 0.05) is 19.3 Å². The van der Waals surface area contributed by atoms with Gasteiger partial charge in [-0.3, -0.25) is 0 Å². The molecule has 2 nitrogen and oxygen atoms in total. The second-order valence-electron chi connectivity index (χ2n) is 2.30. The van der Waals surface area contributed by atoms with E-state index in [4.69, 9.17) is 10.5 Å². The Morgan fingerprint density at radius 3 is 2.78 bits per heavy atom. The van der Waals surface area contributed by atoms with Gasteiger partial charge in [-0.25, -0.2) is 0 Å². The Morgan fingerprint density at radius 1 is 1.22 bits per heavy atom. The van der Waals surface area contributed by atoms with Crippen LogP contribution in [0.15, 0.2) is 0 Å². The average Bonchev–Trinajstić information content (AvgIpc) is 1.94. The minimum atomic E-state index is 0. The van der Waals surface area contributed by atoms with Crippen molar-refractivity contribution in [2.45, 2.75) is 25.3 Å². The molecule has 1 rings (SSSR count). The molecule has 0 radical (unpaired) electrons. The molecule has 1 unspecified atom stereocenters. The van der Waals surface area contributed by atoms with Gasteiger partial charge in [0.25, 0.3) is 0 Å². The molecule has 0 saturated carbocycles. The maximum absolute atomic E-state index is 5.65. The van der Waals surface area contributed by atoms with Gasteiger partial charge >= 0.3 is 0 Å². The van der Waals surface area contributed by atoms with E-state index in [1.54, 1.807) is 0 Å². The molecule has 9 heavy (non-hydrogen) atoms. The molecule has 0 aliphatic carbocycles. The van der Waals surface area contributed by atoms with E-state index in [1.165, 1.54) is 0 Å². The molecule has 1 fully saturated rings. The zero-order valence-electron chi connectivity index (χ0n) is 5.51. The van der Waals surface area contributed by atoms with Crippen LogP contribution in [0.4, 0.5) is 0 Å². The number of hydrogen-bond acceptors (Lipinski definition) is 2. The molecule has 0 aromatic heterocycles. The van der Waals surface area contributed by atoms with E-state index in [0.717, 1.165) is 32.5 Å². The smallest absolute Gasteiger partial charge is 0.0480 e. The normalized spacial score (nSPS) is 28.3. The molecular formula is C6H14ClNO. The van der Waals surface area contributed by atoms with Crippen LogP contribution in [0.1, 0.15) is 19.3 Å². The van der Waals surface area contributed by atoms with Crippen LogP contribution in [0.25, 0.3) is 0 Å². The molecule has 56 valence electrons. The minimum absolute atomic E-state index is 0. The lowest BCUT2D eigenvalue weighted by Gasteiger charge is -2.02. The first kappa shape index (κ1) is 9.21. The van der Waals surface area contributed by atoms with Gasteiger partial charge in [-0.15, -0.1) is 12.4 Å². The van der Waals surface area contributed by atoms with Crippen molar-refractivity contribution in [2.75, 3.05) is 13.2 Å². The highest BCUT2D eigenvalue weighted by atomic mass is 35.5. The maximum Gasteiger partial charge on any atom is 0.0480 e. The van der Waals surface area contributed by atoms with Crippen molar-refractivity contribution < 1.29 is 4.74 Å². The average molecular weight is 152 g/mol. The van der Waals surface area contributed by atoms with Crippen molar-refractivity contribution in [3.63, 3.8) is 0 Å². The number of hydrogen-bond donors (Lipinski definition) is 1. The topological polar surface area (TPSA) is 35.2 Å². The molecule has 3 heteroatoms. The highest BCUT2D eigenvalue weighted by molar-refractivity contribution is 5.85. The molecule has 0 aromatic rings. The van der Waals surface area contributed by atoms with Gasteiger partial charge in [-0.1, -0.05) is 0 Å². The lowest BCUT2D eigenvalue weighted by molar-refractivity contribution is 0.143. The van der Waals surface area contributed by atoms with E-state index < -0.39 is 0 Å². The van der Waals surface area contributed by atoms with Crippen molar-refractivity contribution in [2.24, 2.45) is 5.73 Å². The third-order valence-electron chi connectivity index (χ3n) is 1.50. The molecule has 1 atom stereocenters. The number of ether oxygens (including phenoxy) is 1. The van der Waals surface area contributed by atoms with Crippen molar-refractivity contribution in [3.8, 4) is 0 Å². The quantitative estimate of drug-likeness (QED) is 0.559. The lowest BCUT2D eigenvalue weighted by Crippen LogP contribution is -2.19. The number of rotatable bonds is 0. The van der Waals surface area contributed by atoms with Crippen LogP contribution in [-0.2, 0) is 4.74 Å². The summed E-state index contributed by atoms with van der Waals surface area (Å²) in [5.74, 6) is 0. The summed E-state index contributed by atoms with van der Waals surface area (Å²) in [5.41, 5.74) is 5.65. The summed E-state index contributed by atoms with van der Waals surface area (Å²) >= 11 is 0. The van der Waals surface area contributed by atoms with Crippen molar-refractivity contribution >= 4 is 12.4 Å². The van der Waals surface area contributed by atoms with Gasteiger partial charge in [-0.2, -0.15) is 0 Å². The molecule has 1 saturated heterocycles. The molecule has 0 amide bonds. The standard InChI is InChI=1S/C6H13NO.ClH/c7-6-2-1-4-8-5-3-6;/h6H,1-5,7H2;1H. The number of halogens is 1. The van der Waals surface area contributed by atoms with Crippen molar-refractivity contribution in [3.05, 3.63) is 0 Å². The van der Waals surface area contributed by atoms with Gasteiger partial charge in [0.1, 0.15) is 0 Å². The third kappa shape index (κ3) is 3.73. The zero-order valence-corrected chi connectivity index (χ0v) is 6.32. The maximum atomic E-state index is 5.65. The van der Waals surface area contributed by atoms with E-state index in [1.807, 2.05) is 0 Å². The van der Waals surface area contributed by atoms with Crippen LogP contribution >= 0.6 is 12.4 Å². The molecule has 1 heterocycles. The summed E-state index contributed by atoms with van der Waals surface area (Å²) in [6, 6.07) is 0.400. The van der Waals surface area contributed by atoms with Crippen LogP contribution in [-0.4, -0.2) is 19.3 Å². The second kappa shape index (κ2) is 5.03. The summed E-state index contributed by atoms with van der Waals surface area (Å²) in [6.07, 6.45) is 3.32. The van der Waals surface area contributed by atoms with Crippen molar-refractivity contribution in [1.29, 1.82) is 0 Å². The molecule has 1 aliphatic heterocycles. The molecular weight excluding hydrogens is 138 g/mol. The van der Waals surface area contributed by atoms with Gasteiger partial charge < -0.3 is 10.5 Å². The molecule has 0 spiro atoms. The highest BCUT2D eigenvalue weighted by Gasteiger charge is 2.05. The van der Waals surface area contributed by atoms with Crippen LogP contribution in [0.3, 0.4) is 0 Å². The molecule has 0 bridgehead atoms. The largest absolute Gasteiger partial charge is 0.381 e. The molecule has 2 N–H and O–H groups in total. The van der Waals surface area contributed by atoms with Gasteiger partial charge in [0.15, 0.2) is 0 Å². The fraction of sp³-hybridized carbons (Fsp3) is 1.00. The Morgan fingerprint density at radius 2 is 2.00 bits per heavy atom. The lowest BCUT2D eigenvalue weighted by atomic mass is 10.1. The van der Waals surface area contributed by atoms with Crippen LogP contribution in [0, 0.1) is 0 Å². The Labute approximate surface area is 62.2 Å². The highest BCUT2D eigenvalue weighted by Crippen LogP contribution is 2.04. The van der Waals surface area contributed by atoms with Gasteiger partial charge in [0.2, 0.25) is 0 Å². The SMILES string of the molecule is Cl.NC1CCCOCC1. The first-order chi connectivity index (χ1) is 3.89. The summed E-state index contributed by atoms with van der Waals surface area (Å²) in [5, 5.41) is 0. The van der Waals surface area contributed by atoms with Crippen LogP contribution in [0.5, 0.6) is 0 Å². The fourth-order valence-corrected chi connectivity index (χ4v) is 0.929. The van der Waals surface area contributed by atoms with E-state index in [2.05, 4.69) is 0 Å². The zero-order chi connectivity index (χ0) is 5.82. The Kier molecular flexibility index (Phi) is 5.15. The predicted molar refractivity (Wildman–Crippen MR) is 39.9 cm³/mol. The number of nitrogens with two attached hydrogens (primary N) is 1. The minimum Gasteiger partial charge on any atom is -0.381 e. The summed E-state index contributed by atoms with van der Waals surface area (Å²) in [7, 11) is 0. The van der Waals surface area contributed by atoms with Gasteiger partial charge in [0.05, 0.1) is 0 Å². The van der Waals surface area contributed by atoms with E-state index in [0.29, 0.717) is 6.04 Å². The fourth-order valence-electron chi connectivity index (χ4n) is 0.929. The van der Waals surface area contributed by atoms with E-state index in [9.17, 15) is 0 Å². The Hall–Kier alpha value is 0.210. The van der Waals surface area contributed by atoms with E-state index in [-0.39, 0.29) is 12.4 Å². The van der Waals surface area contributed by atoms with Crippen LogP contribution in [0.2, 0.25) is 0 Å². The van der Waals surface area contributed by atoms with Gasteiger partial charge in [-0.05, 0) is 19.3 Å². The molecule has 0 aromatic carbocycles. The molecule has 1 aliphatic rings. The Balaban J connectivity index is 0.000000640. The summed E-state index contributed by atoms with van der Waals surface area (Å²) in [4.78, 5) is 0. The second-order valence-corrected chi connectivity index (χ2v) is 2.30. The summed E-state index contributed by atoms with van der Waals surface area (Å²) in [6.45, 7) is 1.77.